The van der Waals surface area contributed by atoms with Crippen molar-refractivity contribution < 1.29 is 13.9 Å². The Hall–Kier alpha value is -1.83. The van der Waals surface area contributed by atoms with Gasteiger partial charge in [-0.25, -0.2) is 4.79 Å². The number of halogens is 1. The summed E-state index contributed by atoms with van der Waals surface area (Å²) in [5, 5.41) is 2.70. The van der Waals surface area contributed by atoms with Crippen molar-refractivity contribution in [3.8, 4) is 0 Å². The minimum Gasteiger partial charge on any atom is -0.408 e. The number of ether oxygens (including phenoxy) is 1. The fourth-order valence-electron chi connectivity index (χ4n) is 1.71. The van der Waals surface area contributed by atoms with Crippen LogP contribution in [0, 0.1) is 0 Å². The number of carbonyl (C=O) groups is 1. The van der Waals surface area contributed by atoms with Crippen LogP contribution < -0.4 is 16.8 Å². The molecule has 2 rings (SSSR count). The molecule has 0 aliphatic carbocycles. The highest BCUT2D eigenvalue weighted by molar-refractivity contribution is 5.93. The molecule has 8 heteroatoms. The molecule has 1 heterocycles. The highest BCUT2D eigenvalue weighted by Crippen LogP contribution is 2.16. The summed E-state index contributed by atoms with van der Waals surface area (Å²) in [5.74, 6) is -0.733. The third kappa shape index (κ3) is 3.83. The van der Waals surface area contributed by atoms with Crippen molar-refractivity contribution >= 4 is 35.1 Å². The number of aromatic nitrogens is 1. The maximum absolute atomic E-state index is 11.7. The molecular weight excluding hydrogens is 286 g/mol. The number of anilines is 1. The zero-order valence-corrected chi connectivity index (χ0v) is 11.7. The van der Waals surface area contributed by atoms with Crippen LogP contribution in [0.25, 0.3) is 11.1 Å². The molecular formula is C12H16ClN3O4. The third-order valence-corrected chi connectivity index (χ3v) is 2.71. The van der Waals surface area contributed by atoms with Crippen LogP contribution in [-0.2, 0) is 9.53 Å². The van der Waals surface area contributed by atoms with Crippen molar-refractivity contribution in [2.45, 2.75) is 12.5 Å². The lowest BCUT2D eigenvalue weighted by Crippen LogP contribution is -2.28. The first kappa shape index (κ1) is 16.2. The molecule has 0 aliphatic rings. The van der Waals surface area contributed by atoms with Crippen molar-refractivity contribution in [3.05, 3.63) is 28.7 Å². The minimum absolute atomic E-state index is 0. The Balaban J connectivity index is 0.00000200. The Kier molecular flexibility index (Phi) is 5.75. The molecule has 0 spiro atoms. The normalized spacial score (nSPS) is 11.9. The Morgan fingerprint density at radius 1 is 1.55 bits per heavy atom. The van der Waals surface area contributed by atoms with Crippen LogP contribution in [-0.4, -0.2) is 30.6 Å². The summed E-state index contributed by atoms with van der Waals surface area (Å²) in [6.07, 6.45) is -0.134. The molecule has 1 atom stereocenters. The highest BCUT2D eigenvalue weighted by atomic mass is 35.5. The SMILES string of the molecule is COC(CN)CC(=O)Nc1ccc2oc(=O)[nH]c2c1.Cl. The summed E-state index contributed by atoms with van der Waals surface area (Å²) in [5.41, 5.74) is 6.99. The number of benzene rings is 1. The molecule has 1 unspecified atom stereocenters. The van der Waals surface area contributed by atoms with Crippen LogP contribution in [0.5, 0.6) is 0 Å². The number of nitrogens with two attached hydrogens (primary N) is 1. The van der Waals surface area contributed by atoms with Crippen LogP contribution >= 0.6 is 12.4 Å². The van der Waals surface area contributed by atoms with Crippen molar-refractivity contribution in [3.63, 3.8) is 0 Å². The summed E-state index contributed by atoms with van der Waals surface area (Å²) in [4.78, 5) is 25.3. The number of oxazole rings is 1. The zero-order chi connectivity index (χ0) is 13.8. The van der Waals surface area contributed by atoms with Crippen LogP contribution in [0.4, 0.5) is 5.69 Å². The van der Waals surface area contributed by atoms with Crippen LogP contribution in [0.3, 0.4) is 0 Å². The second kappa shape index (κ2) is 7.09. The van der Waals surface area contributed by atoms with Crippen molar-refractivity contribution in [2.75, 3.05) is 19.0 Å². The molecule has 0 aliphatic heterocycles. The summed E-state index contributed by atoms with van der Waals surface area (Å²) < 4.78 is 9.90. The van der Waals surface area contributed by atoms with E-state index < -0.39 is 5.76 Å². The van der Waals surface area contributed by atoms with Gasteiger partial charge in [-0.05, 0) is 18.2 Å². The van der Waals surface area contributed by atoms with Gasteiger partial charge in [-0.2, -0.15) is 0 Å². The lowest BCUT2D eigenvalue weighted by atomic mass is 10.2. The van der Waals surface area contributed by atoms with Crippen LogP contribution in [0.2, 0.25) is 0 Å². The lowest BCUT2D eigenvalue weighted by molar-refractivity contribution is -0.118. The average Bonchev–Trinajstić information content (AvgIpc) is 2.75. The number of aromatic amines is 1. The molecule has 1 aromatic carbocycles. The maximum atomic E-state index is 11.7. The predicted octanol–water partition coefficient (Wildman–Crippen LogP) is 0.845. The van der Waals surface area contributed by atoms with Crippen molar-refractivity contribution in [1.82, 2.24) is 4.98 Å². The van der Waals surface area contributed by atoms with Gasteiger partial charge in [-0.1, -0.05) is 0 Å². The van der Waals surface area contributed by atoms with Crippen LogP contribution in [0.1, 0.15) is 6.42 Å². The highest BCUT2D eigenvalue weighted by Gasteiger charge is 2.12. The number of hydrogen-bond acceptors (Lipinski definition) is 5. The smallest absolute Gasteiger partial charge is 0.408 e. The average molecular weight is 302 g/mol. The first-order chi connectivity index (χ1) is 9.12. The molecule has 1 aromatic heterocycles. The summed E-state index contributed by atoms with van der Waals surface area (Å²) in [6, 6.07) is 4.89. The van der Waals surface area contributed by atoms with E-state index in [1.807, 2.05) is 0 Å². The molecule has 0 saturated heterocycles. The van der Waals surface area contributed by atoms with E-state index in [9.17, 15) is 9.59 Å². The summed E-state index contributed by atoms with van der Waals surface area (Å²) in [6.45, 7) is 0.276. The quantitative estimate of drug-likeness (QED) is 0.758. The van der Waals surface area contributed by atoms with Gasteiger partial charge in [0.2, 0.25) is 5.91 Å². The maximum Gasteiger partial charge on any atom is 0.417 e. The molecule has 0 saturated carbocycles. The fraction of sp³-hybridized carbons (Fsp3) is 0.333. The van der Waals surface area contributed by atoms with Gasteiger partial charge in [-0.15, -0.1) is 12.4 Å². The number of carbonyl (C=O) groups excluding carboxylic acids is 1. The number of nitrogens with one attached hydrogen (secondary N) is 2. The van der Waals surface area contributed by atoms with E-state index in [1.54, 1.807) is 18.2 Å². The van der Waals surface area contributed by atoms with E-state index in [0.29, 0.717) is 16.8 Å². The molecule has 0 radical (unpaired) electrons. The number of rotatable bonds is 5. The number of fused-ring (bicyclic) bond motifs is 1. The van der Waals surface area contributed by atoms with Crippen molar-refractivity contribution in [2.24, 2.45) is 5.73 Å². The van der Waals surface area contributed by atoms with Gasteiger partial charge in [0.05, 0.1) is 18.0 Å². The number of amides is 1. The van der Waals surface area contributed by atoms with Gasteiger partial charge in [0.15, 0.2) is 5.58 Å². The Morgan fingerprint density at radius 2 is 2.30 bits per heavy atom. The van der Waals surface area contributed by atoms with Gasteiger partial charge in [0.1, 0.15) is 0 Å². The van der Waals surface area contributed by atoms with E-state index in [-0.39, 0.29) is 37.4 Å². The second-order valence-corrected chi connectivity index (χ2v) is 4.07. The molecule has 4 N–H and O–H groups in total. The van der Waals surface area contributed by atoms with E-state index in [0.717, 1.165) is 0 Å². The minimum atomic E-state index is -0.527. The van der Waals surface area contributed by atoms with E-state index in [2.05, 4.69) is 10.3 Å². The fourth-order valence-corrected chi connectivity index (χ4v) is 1.71. The van der Waals surface area contributed by atoms with Gasteiger partial charge >= 0.3 is 5.76 Å². The molecule has 20 heavy (non-hydrogen) atoms. The zero-order valence-electron chi connectivity index (χ0n) is 10.8. The van der Waals surface area contributed by atoms with Crippen LogP contribution in [0.15, 0.2) is 27.4 Å². The topological polar surface area (TPSA) is 110 Å². The summed E-state index contributed by atoms with van der Waals surface area (Å²) >= 11 is 0. The summed E-state index contributed by atoms with van der Waals surface area (Å²) in [7, 11) is 1.51. The Labute approximate surface area is 120 Å². The Morgan fingerprint density at radius 3 is 2.95 bits per heavy atom. The largest absolute Gasteiger partial charge is 0.417 e. The van der Waals surface area contributed by atoms with Gasteiger partial charge in [0.25, 0.3) is 0 Å². The second-order valence-electron chi connectivity index (χ2n) is 4.07. The first-order valence-corrected chi connectivity index (χ1v) is 5.78. The van der Waals surface area contributed by atoms with Gasteiger partial charge in [0, 0.05) is 19.3 Å². The monoisotopic (exact) mass is 301 g/mol. The molecule has 1 amide bonds. The lowest BCUT2D eigenvalue weighted by Gasteiger charge is -2.12. The van der Waals surface area contributed by atoms with Crippen molar-refractivity contribution in [1.29, 1.82) is 0 Å². The standard InChI is InChI=1S/C12H15N3O4.ClH/c1-18-8(6-13)5-11(16)14-7-2-3-10-9(4-7)15-12(17)19-10;/h2-4,8H,5-6,13H2,1H3,(H,14,16)(H,15,17);1H. The van der Waals surface area contributed by atoms with Gasteiger partial charge < -0.3 is 20.2 Å². The number of methoxy groups -OCH3 is 1. The molecule has 7 nitrogen and oxygen atoms in total. The number of H-pyrrole nitrogens is 1. The van der Waals surface area contributed by atoms with E-state index in [1.165, 1.54) is 7.11 Å². The Bertz CT molecular complexity index is 633. The predicted molar refractivity (Wildman–Crippen MR) is 77.2 cm³/mol. The molecule has 2 aromatic rings. The molecule has 0 bridgehead atoms. The molecule has 0 fully saturated rings. The van der Waals surface area contributed by atoms with E-state index >= 15 is 0 Å². The molecule has 110 valence electrons. The third-order valence-electron chi connectivity index (χ3n) is 2.71. The van der Waals surface area contributed by atoms with Gasteiger partial charge in [-0.3, -0.25) is 9.78 Å². The first-order valence-electron chi connectivity index (χ1n) is 5.78. The number of hydrogen-bond donors (Lipinski definition) is 3. The van der Waals surface area contributed by atoms with E-state index in [4.69, 9.17) is 14.9 Å².